The Hall–Kier alpha value is -1.07. The lowest BCUT2D eigenvalue weighted by atomic mass is 10.1. The number of aromatic nitrogens is 2. The molecule has 0 aliphatic carbocycles. The summed E-state index contributed by atoms with van der Waals surface area (Å²) in [7, 11) is 5.61. The molecule has 0 amide bonds. The average molecular weight is 226 g/mol. The van der Waals surface area contributed by atoms with Crippen molar-refractivity contribution < 1.29 is 4.74 Å². The minimum atomic E-state index is 0.161. The van der Waals surface area contributed by atoms with Crippen LogP contribution >= 0.6 is 0 Å². The lowest BCUT2D eigenvalue weighted by molar-refractivity contribution is 0.254. The molecule has 0 bridgehead atoms. The van der Waals surface area contributed by atoms with Gasteiger partial charge in [0.05, 0.1) is 24.4 Å². The molecule has 5 heteroatoms. The Labute approximate surface area is 97.2 Å². The Kier molecular flexibility index (Phi) is 4.32. The zero-order valence-electron chi connectivity index (χ0n) is 10.8. The number of methoxy groups -OCH3 is 1. The monoisotopic (exact) mass is 226 g/mol. The average Bonchev–Trinajstić information content (AvgIpc) is 2.54. The maximum absolute atomic E-state index is 5.85. The van der Waals surface area contributed by atoms with Crippen LogP contribution in [-0.2, 0) is 7.05 Å². The third-order valence-corrected chi connectivity index (χ3v) is 2.99. The second kappa shape index (κ2) is 5.32. The van der Waals surface area contributed by atoms with E-state index in [1.54, 1.807) is 11.8 Å². The van der Waals surface area contributed by atoms with Crippen molar-refractivity contribution in [2.75, 3.05) is 27.2 Å². The highest BCUT2D eigenvalue weighted by Gasteiger charge is 2.24. The van der Waals surface area contributed by atoms with Crippen LogP contribution in [0, 0.1) is 6.92 Å². The van der Waals surface area contributed by atoms with E-state index >= 15 is 0 Å². The molecule has 1 atom stereocenters. The summed E-state index contributed by atoms with van der Waals surface area (Å²) in [5.41, 5.74) is 7.92. The van der Waals surface area contributed by atoms with Gasteiger partial charge in [-0.1, -0.05) is 6.92 Å². The van der Waals surface area contributed by atoms with Gasteiger partial charge in [0, 0.05) is 13.6 Å². The Morgan fingerprint density at radius 3 is 2.62 bits per heavy atom. The van der Waals surface area contributed by atoms with Crippen molar-refractivity contribution in [1.29, 1.82) is 0 Å². The Bertz CT molecular complexity index is 348. The van der Waals surface area contributed by atoms with Gasteiger partial charge in [0.25, 0.3) is 0 Å². The third kappa shape index (κ3) is 2.20. The number of hydrogen-bond acceptors (Lipinski definition) is 4. The minimum absolute atomic E-state index is 0.161. The van der Waals surface area contributed by atoms with Gasteiger partial charge in [-0.2, -0.15) is 5.10 Å². The third-order valence-electron chi connectivity index (χ3n) is 2.99. The molecule has 0 aliphatic rings. The Balaban J connectivity index is 3.18. The van der Waals surface area contributed by atoms with Crippen molar-refractivity contribution in [3.8, 4) is 5.88 Å². The summed E-state index contributed by atoms with van der Waals surface area (Å²) in [6, 6.07) is 0.161. The summed E-state index contributed by atoms with van der Waals surface area (Å²) in [4.78, 5) is 2.20. The molecule has 1 aromatic heterocycles. The van der Waals surface area contributed by atoms with E-state index in [9.17, 15) is 0 Å². The van der Waals surface area contributed by atoms with Gasteiger partial charge in [-0.3, -0.25) is 4.90 Å². The lowest BCUT2D eigenvalue weighted by Crippen LogP contribution is -2.30. The fourth-order valence-corrected chi connectivity index (χ4v) is 2.02. The molecular weight excluding hydrogens is 204 g/mol. The van der Waals surface area contributed by atoms with E-state index in [1.807, 2.05) is 14.0 Å². The highest BCUT2D eigenvalue weighted by atomic mass is 16.5. The molecule has 16 heavy (non-hydrogen) atoms. The standard InChI is InChI=1S/C11H22N4O/c1-6-14(3)9(7-12)10-8(2)13-15(4)11(10)16-5/h9H,6-7,12H2,1-5H3. The van der Waals surface area contributed by atoms with Gasteiger partial charge in [0.1, 0.15) is 0 Å². The van der Waals surface area contributed by atoms with Gasteiger partial charge >= 0.3 is 0 Å². The first-order valence-electron chi connectivity index (χ1n) is 5.54. The maximum Gasteiger partial charge on any atom is 0.216 e. The van der Waals surface area contributed by atoms with Crippen molar-refractivity contribution in [3.05, 3.63) is 11.3 Å². The topological polar surface area (TPSA) is 56.3 Å². The predicted octanol–water partition coefficient (Wildman–Crippen LogP) is 0.689. The first kappa shape index (κ1) is 13.0. The molecule has 0 aromatic carbocycles. The molecular formula is C11H22N4O. The van der Waals surface area contributed by atoms with Crippen LogP contribution in [0.1, 0.15) is 24.2 Å². The van der Waals surface area contributed by atoms with Gasteiger partial charge in [0.15, 0.2) is 0 Å². The normalized spacial score (nSPS) is 13.2. The van der Waals surface area contributed by atoms with Crippen molar-refractivity contribution in [3.63, 3.8) is 0 Å². The Morgan fingerprint density at radius 2 is 2.19 bits per heavy atom. The minimum Gasteiger partial charge on any atom is -0.481 e. The summed E-state index contributed by atoms with van der Waals surface area (Å²) in [5, 5.41) is 4.38. The van der Waals surface area contributed by atoms with E-state index in [0.717, 1.165) is 23.7 Å². The smallest absolute Gasteiger partial charge is 0.216 e. The number of nitrogens with two attached hydrogens (primary N) is 1. The second-order valence-corrected chi connectivity index (χ2v) is 3.96. The van der Waals surface area contributed by atoms with Crippen molar-refractivity contribution in [2.24, 2.45) is 12.8 Å². The van der Waals surface area contributed by atoms with Gasteiger partial charge in [0.2, 0.25) is 5.88 Å². The highest BCUT2D eigenvalue weighted by Crippen LogP contribution is 2.30. The van der Waals surface area contributed by atoms with Crippen LogP contribution in [0.4, 0.5) is 0 Å². The number of rotatable bonds is 5. The van der Waals surface area contributed by atoms with Crippen LogP contribution in [0.3, 0.4) is 0 Å². The number of ether oxygens (including phenoxy) is 1. The van der Waals surface area contributed by atoms with E-state index in [-0.39, 0.29) is 6.04 Å². The summed E-state index contributed by atoms with van der Waals surface area (Å²) in [6.45, 7) is 5.61. The second-order valence-electron chi connectivity index (χ2n) is 3.96. The summed E-state index contributed by atoms with van der Waals surface area (Å²) in [6.07, 6.45) is 0. The zero-order valence-corrected chi connectivity index (χ0v) is 10.8. The largest absolute Gasteiger partial charge is 0.481 e. The van der Waals surface area contributed by atoms with Gasteiger partial charge in [-0.25, -0.2) is 4.68 Å². The number of nitrogens with zero attached hydrogens (tertiary/aromatic N) is 3. The molecule has 2 N–H and O–H groups in total. The molecule has 0 radical (unpaired) electrons. The quantitative estimate of drug-likeness (QED) is 0.802. The molecule has 0 aliphatic heterocycles. The molecule has 92 valence electrons. The number of hydrogen-bond donors (Lipinski definition) is 1. The fourth-order valence-electron chi connectivity index (χ4n) is 2.02. The van der Waals surface area contributed by atoms with E-state index in [0.29, 0.717) is 6.54 Å². The van der Waals surface area contributed by atoms with Gasteiger partial charge in [-0.05, 0) is 20.5 Å². The number of aryl methyl sites for hydroxylation is 2. The van der Waals surface area contributed by atoms with Gasteiger partial charge < -0.3 is 10.5 Å². The van der Waals surface area contributed by atoms with Crippen LogP contribution in [0.15, 0.2) is 0 Å². The summed E-state index contributed by atoms with van der Waals surface area (Å²) < 4.78 is 7.15. The van der Waals surface area contributed by atoms with Crippen molar-refractivity contribution in [1.82, 2.24) is 14.7 Å². The number of likely N-dealkylation sites (N-methyl/N-ethyl adjacent to an activating group) is 1. The molecule has 0 saturated heterocycles. The maximum atomic E-state index is 5.85. The molecule has 1 unspecified atom stereocenters. The molecule has 0 saturated carbocycles. The summed E-state index contributed by atoms with van der Waals surface area (Å²) >= 11 is 0. The lowest BCUT2D eigenvalue weighted by Gasteiger charge is -2.26. The van der Waals surface area contributed by atoms with Crippen LogP contribution in [-0.4, -0.2) is 41.9 Å². The van der Waals surface area contributed by atoms with E-state index in [1.165, 1.54) is 0 Å². The zero-order chi connectivity index (χ0) is 12.3. The highest BCUT2D eigenvalue weighted by molar-refractivity contribution is 5.34. The van der Waals surface area contributed by atoms with Crippen LogP contribution in [0.2, 0.25) is 0 Å². The van der Waals surface area contributed by atoms with E-state index < -0.39 is 0 Å². The molecule has 5 nitrogen and oxygen atoms in total. The summed E-state index contributed by atoms with van der Waals surface area (Å²) in [5.74, 6) is 0.799. The van der Waals surface area contributed by atoms with Crippen molar-refractivity contribution >= 4 is 0 Å². The first-order valence-corrected chi connectivity index (χ1v) is 5.54. The SMILES string of the molecule is CCN(C)C(CN)c1c(C)nn(C)c1OC. The van der Waals surface area contributed by atoms with E-state index in [4.69, 9.17) is 10.5 Å². The van der Waals surface area contributed by atoms with Gasteiger partial charge in [-0.15, -0.1) is 0 Å². The molecule has 1 rings (SSSR count). The van der Waals surface area contributed by atoms with Crippen LogP contribution in [0.5, 0.6) is 5.88 Å². The molecule has 0 fully saturated rings. The predicted molar refractivity (Wildman–Crippen MR) is 64.6 cm³/mol. The molecule has 1 aromatic rings. The van der Waals surface area contributed by atoms with Crippen molar-refractivity contribution in [2.45, 2.75) is 19.9 Å². The Morgan fingerprint density at radius 1 is 1.56 bits per heavy atom. The van der Waals surface area contributed by atoms with Crippen LogP contribution in [0.25, 0.3) is 0 Å². The van der Waals surface area contributed by atoms with E-state index in [2.05, 4.69) is 24.0 Å². The fraction of sp³-hybridized carbons (Fsp3) is 0.727. The van der Waals surface area contributed by atoms with Crippen LogP contribution < -0.4 is 10.5 Å². The molecule has 0 spiro atoms. The first-order chi connectivity index (χ1) is 7.56. The molecule has 1 heterocycles.